The summed E-state index contributed by atoms with van der Waals surface area (Å²) in [6.07, 6.45) is 0.723. The molecule has 0 saturated carbocycles. The first-order valence-corrected chi connectivity index (χ1v) is 9.37. The van der Waals surface area contributed by atoms with Gasteiger partial charge in [-0.15, -0.1) is 0 Å². The van der Waals surface area contributed by atoms with E-state index in [1.165, 1.54) is 12.1 Å². The lowest BCUT2D eigenvalue weighted by atomic mass is 10.1. The molecule has 25 heavy (non-hydrogen) atoms. The third-order valence-electron chi connectivity index (χ3n) is 3.42. The Morgan fingerprint density at radius 3 is 2.24 bits per heavy atom. The summed E-state index contributed by atoms with van der Waals surface area (Å²) in [5.74, 6) is 2.14. The Balaban J connectivity index is 1.90. The summed E-state index contributed by atoms with van der Waals surface area (Å²) in [6, 6.07) is 8.37. The second-order valence-corrected chi connectivity index (χ2v) is 7.03. The Morgan fingerprint density at radius 1 is 1.08 bits per heavy atom. The van der Waals surface area contributed by atoms with Crippen LogP contribution in [-0.2, 0) is 21.2 Å². The van der Waals surface area contributed by atoms with Crippen molar-refractivity contribution >= 4 is 21.7 Å². The number of hydrogen-bond acceptors (Lipinski definition) is 7. The number of benzene rings is 1. The molecule has 0 aliphatic rings. The molecule has 0 amide bonds. The summed E-state index contributed by atoms with van der Waals surface area (Å²) in [5, 5.41) is 11.5. The van der Waals surface area contributed by atoms with Crippen molar-refractivity contribution in [3.05, 3.63) is 41.7 Å². The third-order valence-corrected chi connectivity index (χ3v) is 4.35. The molecule has 2 aromatic rings. The summed E-state index contributed by atoms with van der Waals surface area (Å²) in [5.41, 5.74) is 1.00. The summed E-state index contributed by atoms with van der Waals surface area (Å²) < 4.78 is 27.5. The topological polar surface area (TPSA) is 119 Å². The zero-order valence-corrected chi connectivity index (χ0v) is 15.1. The number of nitrogens with two attached hydrogens (primary N) is 1. The Kier molecular flexibility index (Phi) is 6.68. The molecule has 0 aliphatic carbocycles. The number of nitrogens with zero attached hydrogens (tertiary/aromatic N) is 2. The van der Waals surface area contributed by atoms with Crippen molar-refractivity contribution in [2.24, 2.45) is 5.14 Å². The summed E-state index contributed by atoms with van der Waals surface area (Å²) in [7, 11) is -2.00. The smallest absolute Gasteiger partial charge is 0.238 e. The van der Waals surface area contributed by atoms with Gasteiger partial charge < -0.3 is 15.4 Å². The van der Waals surface area contributed by atoms with Gasteiger partial charge in [-0.25, -0.2) is 23.5 Å². The van der Waals surface area contributed by atoms with Gasteiger partial charge in [0, 0.05) is 26.3 Å². The summed E-state index contributed by atoms with van der Waals surface area (Å²) >= 11 is 0. The average molecular weight is 365 g/mol. The highest BCUT2D eigenvalue weighted by molar-refractivity contribution is 7.89. The van der Waals surface area contributed by atoms with E-state index in [1.807, 2.05) is 13.0 Å². The molecule has 1 heterocycles. The van der Waals surface area contributed by atoms with Crippen molar-refractivity contribution in [3.8, 4) is 0 Å². The Bertz CT molecular complexity index is 794. The van der Waals surface area contributed by atoms with E-state index >= 15 is 0 Å². The summed E-state index contributed by atoms with van der Waals surface area (Å²) in [6.45, 7) is 3.75. The quantitative estimate of drug-likeness (QED) is 0.570. The molecule has 0 atom stereocenters. The van der Waals surface area contributed by atoms with Crippen LogP contribution in [0.25, 0.3) is 0 Å². The molecule has 0 fully saturated rings. The SMILES string of the molecule is COCCNc1cc(NCCc2ccc(S(N)(=O)=O)cc2)nc(C)n1. The maximum Gasteiger partial charge on any atom is 0.238 e. The second kappa shape index (κ2) is 8.75. The minimum Gasteiger partial charge on any atom is -0.383 e. The normalized spacial score (nSPS) is 11.3. The summed E-state index contributed by atoms with van der Waals surface area (Å²) in [4.78, 5) is 8.78. The van der Waals surface area contributed by atoms with Crippen LogP contribution >= 0.6 is 0 Å². The molecule has 8 nitrogen and oxygen atoms in total. The molecule has 0 radical (unpaired) electrons. The predicted molar refractivity (Wildman–Crippen MR) is 97.1 cm³/mol. The van der Waals surface area contributed by atoms with E-state index in [9.17, 15) is 8.42 Å². The van der Waals surface area contributed by atoms with E-state index in [4.69, 9.17) is 9.88 Å². The average Bonchev–Trinajstić information content (AvgIpc) is 2.54. The highest BCUT2D eigenvalue weighted by Gasteiger charge is 2.07. The molecule has 1 aromatic heterocycles. The van der Waals surface area contributed by atoms with Gasteiger partial charge >= 0.3 is 0 Å². The molecule has 9 heteroatoms. The molecule has 4 N–H and O–H groups in total. The first-order valence-electron chi connectivity index (χ1n) is 7.82. The van der Waals surface area contributed by atoms with E-state index in [0.717, 1.165) is 23.6 Å². The molecule has 136 valence electrons. The number of primary sulfonamides is 1. The number of aryl methyl sites for hydroxylation is 1. The highest BCUT2D eigenvalue weighted by Crippen LogP contribution is 2.12. The van der Waals surface area contributed by atoms with Crippen molar-refractivity contribution in [2.45, 2.75) is 18.2 Å². The van der Waals surface area contributed by atoms with Crippen molar-refractivity contribution in [1.82, 2.24) is 9.97 Å². The largest absolute Gasteiger partial charge is 0.383 e. The molecule has 2 rings (SSSR count). The maximum absolute atomic E-state index is 11.2. The predicted octanol–water partition coefficient (Wildman–Crippen LogP) is 1.15. The fourth-order valence-corrected chi connectivity index (χ4v) is 2.73. The Labute approximate surface area is 147 Å². The van der Waals surface area contributed by atoms with Crippen LogP contribution in [0.4, 0.5) is 11.6 Å². The monoisotopic (exact) mass is 365 g/mol. The van der Waals surface area contributed by atoms with Gasteiger partial charge in [-0.1, -0.05) is 12.1 Å². The molecule has 0 aliphatic heterocycles. The lowest BCUT2D eigenvalue weighted by Crippen LogP contribution is -2.13. The van der Waals surface area contributed by atoms with Gasteiger partial charge in [0.25, 0.3) is 0 Å². The van der Waals surface area contributed by atoms with Crippen LogP contribution in [0.3, 0.4) is 0 Å². The number of rotatable bonds is 9. The van der Waals surface area contributed by atoms with Crippen LogP contribution in [0, 0.1) is 6.92 Å². The van der Waals surface area contributed by atoms with Crippen LogP contribution in [-0.4, -0.2) is 45.2 Å². The Hall–Kier alpha value is -2.23. The van der Waals surface area contributed by atoms with Gasteiger partial charge in [0.15, 0.2) is 0 Å². The minimum absolute atomic E-state index is 0.113. The number of methoxy groups -OCH3 is 1. The van der Waals surface area contributed by atoms with Crippen LogP contribution in [0.15, 0.2) is 35.2 Å². The number of ether oxygens (including phenoxy) is 1. The number of aromatic nitrogens is 2. The zero-order chi connectivity index (χ0) is 18.3. The molecule has 1 aromatic carbocycles. The van der Waals surface area contributed by atoms with Crippen molar-refractivity contribution in [3.63, 3.8) is 0 Å². The van der Waals surface area contributed by atoms with Crippen molar-refractivity contribution in [2.75, 3.05) is 37.4 Å². The number of nitrogens with one attached hydrogen (secondary N) is 2. The first kappa shape index (κ1) is 19.1. The van der Waals surface area contributed by atoms with E-state index in [0.29, 0.717) is 25.5 Å². The minimum atomic E-state index is -3.65. The number of sulfonamides is 1. The molecular weight excluding hydrogens is 342 g/mol. The second-order valence-electron chi connectivity index (χ2n) is 5.47. The van der Waals surface area contributed by atoms with E-state index in [-0.39, 0.29) is 4.90 Å². The lowest BCUT2D eigenvalue weighted by molar-refractivity contribution is 0.210. The van der Waals surface area contributed by atoms with Gasteiger partial charge in [-0.3, -0.25) is 0 Å². The van der Waals surface area contributed by atoms with Gasteiger partial charge in [-0.2, -0.15) is 0 Å². The van der Waals surface area contributed by atoms with E-state index in [1.54, 1.807) is 19.2 Å². The van der Waals surface area contributed by atoms with Crippen LogP contribution < -0.4 is 15.8 Å². The Morgan fingerprint density at radius 2 is 1.68 bits per heavy atom. The van der Waals surface area contributed by atoms with Gasteiger partial charge in [0.2, 0.25) is 10.0 Å². The highest BCUT2D eigenvalue weighted by atomic mass is 32.2. The van der Waals surface area contributed by atoms with Crippen LogP contribution in [0.5, 0.6) is 0 Å². The van der Waals surface area contributed by atoms with Gasteiger partial charge in [0.1, 0.15) is 17.5 Å². The fourth-order valence-electron chi connectivity index (χ4n) is 2.21. The van der Waals surface area contributed by atoms with Crippen molar-refractivity contribution in [1.29, 1.82) is 0 Å². The molecule has 0 spiro atoms. The first-order chi connectivity index (χ1) is 11.9. The fraction of sp³-hybridized carbons (Fsp3) is 0.375. The zero-order valence-electron chi connectivity index (χ0n) is 14.3. The maximum atomic E-state index is 11.2. The standard InChI is InChI=1S/C16H23N5O3S/c1-12-20-15(11-16(21-12)19-9-10-24-2)18-8-7-13-3-5-14(6-4-13)25(17,22)23/h3-6,11H,7-10H2,1-2H3,(H2,17,22,23)(H2,18,19,20,21). The van der Waals surface area contributed by atoms with Crippen LogP contribution in [0.1, 0.15) is 11.4 Å². The number of anilines is 2. The van der Waals surface area contributed by atoms with Gasteiger partial charge in [-0.05, 0) is 31.0 Å². The molecule has 0 unspecified atom stereocenters. The van der Waals surface area contributed by atoms with E-state index < -0.39 is 10.0 Å². The molecule has 0 saturated heterocycles. The lowest BCUT2D eigenvalue weighted by Gasteiger charge is -2.10. The van der Waals surface area contributed by atoms with Gasteiger partial charge in [0.05, 0.1) is 11.5 Å². The molecular formula is C16H23N5O3S. The molecule has 0 bridgehead atoms. The van der Waals surface area contributed by atoms with Crippen LogP contribution in [0.2, 0.25) is 0 Å². The third kappa shape index (κ3) is 6.29. The van der Waals surface area contributed by atoms with E-state index in [2.05, 4.69) is 20.6 Å². The van der Waals surface area contributed by atoms with Crippen molar-refractivity contribution < 1.29 is 13.2 Å². The number of hydrogen-bond donors (Lipinski definition) is 3.